The quantitative estimate of drug-likeness (QED) is 0.532. The number of fused-ring (bicyclic) bond motifs is 1. The summed E-state index contributed by atoms with van der Waals surface area (Å²) in [4.78, 5) is 11.9. The molecule has 3 rings (SSSR count). The second-order valence-corrected chi connectivity index (χ2v) is 5.50. The van der Waals surface area contributed by atoms with Crippen molar-refractivity contribution in [2.24, 2.45) is 0 Å². The van der Waals surface area contributed by atoms with Gasteiger partial charge in [0.25, 0.3) is 5.69 Å². The van der Waals surface area contributed by atoms with Gasteiger partial charge in [-0.15, -0.1) is 0 Å². The van der Waals surface area contributed by atoms with Gasteiger partial charge in [0.15, 0.2) is 11.5 Å². The summed E-state index contributed by atoms with van der Waals surface area (Å²) >= 11 is 1.42. The van der Waals surface area contributed by atoms with Gasteiger partial charge in [0, 0.05) is 21.9 Å². The van der Waals surface area contributed by atoms with Crippen molar-refractivity contribution in [2.75, 3.05) is 18.9 Å². The number of nitrogens with two attached hydrogens (primary N) is 1. The molecule has 0 radical (unpaired) electrons. The number of nitrogens with zero attached hydrogens (tertiary/aromatic N) is 1. The zero-order chi connectivity index (χ0) is 14.8. The van der Waals surface area contributed by atoms with Crippen LogP contribution in [0.15, 0.2) is 46.2 Å². The number of benzene rings is 2. The van der Waals surface area contributed by atoms with Crippen molar-refractivity contribution in [1.82, 2.24) is 0 Å². The van der Waals surface area contributed by atoms with Gasteiger partial charge in [0.2, 0.25) is 0 Å². The Morgan fingerprint density at radius 3 is 2.57 bits per heavy atom. The minimum Gasteiger partial charge on any atom is -0.486 e. The van der Waals surface area contributed by atoms with Crippen molar-refractivity contribution in [3.05, 3.63) is 46.5 Å². The number of hydrogen-bond acceptors (Lipinski definition) is 6. The first-order chi connectivity index (χ1) is 10.1. The molecule has 0 bridgehead atoms. The van der Waals surface area contributed by atoms with E-state index in [1.165, 1.54) is 23.9 Å². The van der Waals surface area contributed by atoms with Crippen LogP contribution in [-0.2, 0) is 0 Å². The topological polar surface area (TPSA) is 87.6 Å². The Bertz CT molecular complexity index is 705. The van der Waals surface area contributed by atoms with Gasteiger partial charge in [-0.2, -0.15) is 0 Å². The maximum absolute atomic E-state index is 10.7. The third kappa shape index (κ3) is 2.87. The number of hydrogen-bond donors (Lipinski definition) is 1. The van der Waals surface area contributed by atoms with Gasteiger partial charge in [-0.25, -0.2) is 0 Å². The number of anilines is 1. The van der Waals surface area contributed by atoms with Gasteiger partial charge in [-0.05, 0) is 24.3 Å². The number of ether oxygens (including phenoxy) is 2. The molecular formula is C14H12N2O4S. The van der Waals surface area contributed by atoms with E-state index in [1.54, 1.807) is 6.07 Å². The summed E-state index contributed by atoms with van der Waals surface area (Å²) in [6.07, 6.45) is 0. The Labute approximate surface area is 125 Å². The molecule has 0 saturated heterocycles. The number of non-ortho nitro benzene ring substituents is 1. The summed E-state index contributed by atoms with van der Waals surface area (Å²) in [5.41, 5.74) is 6.23. The molecule has 0 aromatic heterocycles. The number of rotatable bonds is 3. The summed E-state index contributed by atoms with van der Waals surface area (Å²) < 4.78 is 11.0. The minimum absolute atomic E-state index is 0.0148. The highest BCUT2D eigenvalue weighted by Gasteiger charge is 2.14. The summed E-state index contributed by atoms with van der Waals surface area (Å²) in [5, 5.41) is 10.7. The molecule has 0 amide bonds. The normalized spacial score (nSPS) is 13.0. The van der Waals surface area contributed by atoms with Crippen LogP contribution in [0, 0.1) is 10.1 Å². The fourth-order valence-corrected chi connectivity index (χ4v) is 2.83. The highest BCUT2D eigenvalue weighted by molar-refractivity contribution is 7.99. The van der Waals surface area contributed by atoms with Gasteiger partial charge >= 0.3 is 0 Å². The Morgan fingerprint density at radius 1 is 1.10 bits per heavy atom. The van der Waals surface area contributed by atoms with Crippen LogP contribution in [0.4, 0.5) is 11.4 Å². The number of nitro benzene ring substituents is 1. The van der Waals surface area contributed by atoms with Crippen LogP contribution in [0.2, 0.25) is 0 Å². The lowest BCUT2D eigenvalue weighted by molar-refractivity contribution is -0.384. The zero-order valence-electron chi connectivity index (χ0n) is 10.9. The summed E-state index contributed by atoms with van der Waals surface area (Å²) in [5.74, 6) is 1.43. The van der Waals surface area contributed by atoms with E-state index in [0.29, 0.717) is 24.7 Å². The predicted octanol–water partition coefficient (Wildman–Crippen LogP) is 3.10. The van der Waals surface area contributed by atoms with Gasteiger partial charge in [-0.1, -0.05) is 11.8 Å². The lowest BCUT2D eigenvalue weighted by Crippen LogP contribution is -2.15. The fraction of sp³-hybridized carbons (Fsp3) is 0.143. The van der Waals surface area contributed by atoms with E-state index in [0.717, 1.165) is 15.5 Å². The third-order valence-electron chi connectivity index (χ3n) is 2.95. The zero-order valence-corrected chi connectivity index (χ0v) is 11.8. The first-order valence-corrected chi connectivity index (χ1v) is 7.06. The SMILES string of the molecule is Nc1cc([N+](=O)[O-])ccc1Sc1ccc2c(c1)OCCO2. The van der Waals surface area contributed by atoms with Crippen LogP contribution in [-0.4, -0.2) is 18.1 Å². The van der Waals surface area contributed by atoms with Crippen molar-refractivity contribution in [3.8, 4) is 11.5 Å². The molecule has 2 aromatic carbocycles. The molecular weight excluding hydrogens is 292 g/mol. The first-order valence-electron chi connectivity index (χ1n) is 6.25. The Hall–Kier alpha value is -2.41. The molecule has 7 heteroatoms. The standard InChI is InChI=1S/C14H12N2O4S/c15-11-7-9(16(17)18)1-4-14(11)21-10-2-3-12-13(8-10)20-6-5-19-12/h1-4,7-8H,5-6,15H2. The van der Waals surface area contributed by atoms with Crippen LogP contribution in [0.1, 0.15) is 0 Å². The average Bonchev–Trinajstić information content (AvgIpc) is 2.49. The molecule has 21 heavy (non-hydrogen) atoms. The molecule has 0 saturated carbocycles. The van der Waals surface area contributed by atoms with Gasteiger partial charge in [0.1, 0.15) is 13.2 Å². The average molecular weight is 304 g/mol. The number of nitrogen functional groups attached to an aromatic ring is 1. The van der Waals surface area contributed by atoms with Crippen molar-refractivity contribution in [2.45, 2.75) is 9.79 Å². The molecule has 6 nitrogen and oxygen atoms in total. The van der Waals surface area contributed by atoms with Crippen molar-refractivity contribution in [3.63, 3.8) is 0 Å². The molecule has 0 atom stereocenters. The molecule has 1 aliphatic rings. The fourth-order valence-electron chi connectivity index (χ4n) is 1.96. The Kier molecular flexibility index (Phi) is 3.57. The van der Waals surface area contributed by atoms with E-state index >= 15 is 0 Å². The van der Waals surface area contributed by atoms with Crippen molar-refractivity contribution < 1.29 is 14.4 Å². The molecule has 0 spiro atoms. The van der Waals surface area contributed by atoms with E-state index in [2.05, 4.69) is 0 Å². The van der Waals surface area contributed by atoms with Crippen molar-refractivity contribution >= 4 is 23.1 Å². The number of nitro groups is 1. The molecule has 1 aliphatic heterocycles. The maximum Gasteiger partial charge on any atom is 0.271 e. The van der Waals surface area contributed by atoms with E-state index in [1.807, 2.05) is 18.2 Å². The lowest BCUT2D eigenvalue weighted by atomic mass is 10.3. The van der Waals surface area contributed by atoms with Crippen LogP contribution in [0.25, 0.3) is 0 Å². The van der Waals surface area contributed by atoms with E-state index < -0.39 is 4.92 Å². The van der Waals surface area contributed by atoms with E-state index in [9.17, 15) is 10.1 Å². The molecule has 0 aliphatic carbocycles. The van der Waals surface area contributed by atoms with Gasteiger partial charge in [0.05, 0.1) is 10.6 Å². The first kappa shape index (κ1) is 13.6. The second-order valence-electron chi connectivity index (χ2n) is 4.39. The Balaban J connectivity index is 1.85. The highest BCUT2D eigenvalue weighted by Crippen LogP contribution is 2.39. The van der Waals surface area contributed by atoms with Crippen LogP contribution < -0.4 is 15.2 Å². The third-order valence-corrected chi connectivity index (χ3v) is 4.03. The van der Waals surface area contributed by atoms with Crippen LogP contribution in [0.3, 0.4) is 0 Å². The monoisotopic (exact) mass is 304 g/mol. The molecule has 1 heterocycles. The van der Waals surface area contributed by atoms with E-state index in [4.69, 9.17) is 15.2 Å². The molecule has 0 unspecified atom stereocenters. The second kappa shape index (κ2) is 5.53. The summed E-state index contributed by atoms with van der Waals surface area (Å²) in [6.45, 7) is 1.08. The predicted molar refractivity (Wildman–Crippen MR) is 79.1 cm³/mol. The summed E-state index contributed by atoms with van der Waals surface area (Å²) in [6, 6.07) is 10.1. The Morgan fingerprint density at radius 2 is 1.86 bits per heavy atom. The lowest BCUT2D eigenvalue weighted by Gasteiger charge is -2.18. The van der Waals surface area contributed by atoms with Crippen LogP contribution in [0.5, 0.6) is 11.5 Å². The van der Waals surface area contributed by atoms with Gasteiger partial charge in [-0.3, -0.25) is 10.1 Å². The van der Waals surface area contributed by atoms with Crippen molar-refractivity contribution in [1.29, 1.82) is 0 Å². The smallest absolute Gasteiger partial charge is 0.271 e. The minimum atomic E-state index is -0.463. The van der Waals surface area contributed by atoms with Crippen LogP contribution >= 0.6 is 11.8 Å². The summed E-state index contributed by atoms with van der Waals surface area (Å²) in [7, 11) is 0. The molecule has 2 N–H and O–H groups in total. The molecule has 108 valence electrons. The van der Waals surface area contributed by atoms with E-state index in [-0.39, 0.29) is 5.69 Å². The largest absolute Gasteiger partial charge is 0.486 e. The molecule has 2 aromatic rings. The maximum atomic E-state index is 10.7. The van der Waals surface area contributed by atoms with Gasteiger partial charge < -0.3 is 15.2 Å². The highest BCUT2D eigenvalue weighted by atomic mass is 32.2. The molecule has 0 fully saturated rings.